The fourth-order valence-electron chi connectivity index (χ4n) is 1.75. The summed E-state index contributed by atoms with van der Waals surface area (Å²) < 4.78 is 27.2. The number of nitrogens with zero attached hydrogens (tertiary/aromatic N) is 1. The predicted octanol–water partition coefficient (Wildman–Crippen LogP) is 2.84. The fraction of sp³-hybridized carbons (Fsp3) is 0.0769. The van der Waals surface area contributed by atoms with E-state index in [-0.39, 0.29) is 17.1 Å². The van der Waals surface area contributed by atoms with Crippen LogP contribution in [-0.2, 0) is 16.6 Å². The number of para-hydroxylation sites is 1. The Bertz CT molecular complexity index is 777. The highest BCUT2D eigenvalue weighted by Crippen LogP contribution is 2.22. The van der Waals surface area contributed by atoms with Crippen LogP contribution in [0.25, 0.3) is 0 Å². The third-order valence-corrected chi connectivity index (χ3v) is 5.18. The van der Waals surface area contributed by atoms with Crippen molar-refractivity contribution in [2.75, 3.05) is 0 Å². The van der Waals surface area contributed by atoms with Crippen LogP contribution >= 0.6 is 15.9 Å². The van der Waals surface area contributed by atoms with E-state index in [4.69, 9.17) is 0 Å². The second-order valence-electron chi connectivity index (χ2n) is 4.14. The van der Waals surface area contributed by atoms with Crippen LogP contribution in [-0.4, -0.2) is 13.3 Å². The van der Waals surface area contributed by atoms with Crippen LogP contribution in [0.3, 0.4) is 0 Å². The summed E-state index contributed by atoms with van der Waals surface area (Å²) in [6.45, 7) is -0.152. The Morgan fingerprint density at radius 3 is 2.38 bits per heavy atom. The van der Waals surface area contributed by atoms with Gasteiger partial charge in [0.25, 0.3) is 5.69 Å². The van der Waals surface area contributed by atoms with Crippen molar-refractivity contribution in [3.8, 4) is 0 Å². The molecule has 0 radical (unpaired) electrons. The highest BCUT2D eigenvalue weighted by atomic mass is 79.9. The lowest BCUT2D eigenvalue weighted by atomic mass is 10.2. The van der Waals surface area contributed by atoms with E-state index in [1.54, 1.807) is 24.3 Å². The predicted molar refractivity (Wildman–Crippen MR) is 81.3 cm³/mol. The molecule has 2 aromatic carbocycles. The Balaban J connectivity index is 2.24. The average Bonchev–Trinajstić information content (AvgIpc) is 2.45. The molecular weight excluding hydrogens is 360 g/mol. The summed E-state index contributed by atoms with van der Waals surface area (Å²) in [6.07, 6.45) is 0. The van der Waals surface area contributed by atoms with Gasteiger partial charge in [-0.25, -0.2) is 13.1 Å². The maximum Gasteiger partial charge on any atom is 0.273 e. The smallest absolute Gasteiger partial charge is 0.258 e. The number of hydrogen-bond donors (Lipinski definition) is 1. The van der Waals surface area contributed by atoms with E-state index in [2.05, 4.69) is 20.7 Å². The van der Waals surface area contributed by atoms with Crippen LogP contribution in [0.2, 0.25) is 0 Å². The van der Waals surface area contributed by atoms with Crippen molar-refractivity contribution in [3.05, 3.63) is 68.7 Å². The molecule has 2 rings (SSSR count). The molecule has 2 aromatic rings. The van der Waals surface area contributed by atoms with Crippen molar-refractivity contribution in [2.24, 2.45) is 0 Å². The van der Waals surface area contributed by atoms with Gasteiger partial charge in [0.2, 0.25) is 10.0 Å². The first-order chi connectivity index (χ1) is 9.92. The van der Waals surface area contributed by atoms with E-state index in [0.29, 0.717) is 10.0 Å². The first-order valence-corrected chi connectivity index (χ1v) is 8.16. The minimum Gasteiger partial charge on any atom is -0.258 e. The topological polar surface area (TPSA) is 89.3 Å². The third kappa shape index (κ3) is 3.66. The van der Waals surface area contributed by atoms with Gasteiger partial charge >= 0.3 is 0 Å². The number of nitrogens with one attached hydrogen (secondary N) is 1. The molecule has 0 aliphatic rings. The minimum absolute atomic E-state index is 0.0867. The maximum absolute atomic E-state index is 12.2. The van der Waals surface area contributed by atoms with Crippen molar-refractivity contribution in [1.29, 1.82) is 0 Å². The van der Waals surface area contributed by atoms with E-state index >= 15 is 0 Å². The van der Waals surface area contributed by atoms with Gasteiger partial charge in [0.05, 0.1) is 9.82 Å². The lowest BCUT2D eigenvalue weighted by Crippen LogP contribution is -2.24. The van der Waals surface area contributed by atoms with Crippen LogP contribution in [0.15, 0.2) is 57.9 Å². The van der Waals surface area contributed by atoms with Crippen molar-refractivity contribution in [3.63, 3.8) is 0 Å². The molecule has 21 heavy (non-hydrogen) atoms. The molecule has 0 aliphatic carbocycles. The molecule has 0 spiro atoms. The molecular formula is C13H11BrN2O4S. The highest BCUT2D eigenvalue weighted by molar-refractivity contribution is 9.10. The van der Waals surface area contributed by atoms with E-state index in [0.717, 1.165) is 0 Å². The Hall–Kier alpha value is -1.77. The third-order valence-electron chi connectivity index (χ3n) is 2.77. The molecule has 0 unspecified atom stereocenters. The van der Waals surface area contributed by atoms with Gasteiger partial charge in [-0.1, -0.05) is 30.3 Å². The summed E-state index contributed by atoms with van der Waals surface area (Å²) in [5.74, 6) is 0. The van der Waals surface area contributed by atoms with Gasteiger partial charge in [-0.2, -0.15) is 0 Å². The summed E-state index contributed by atoms with van der Waals surface area (Å²) in [6, 6.07) is 12.4. The van der Waals surface area contributed by atoms with Crippen LogP contribution in [0.4, 0.5) is 5.69 Å². The second-order valence-corrected chi connectivity index (χ2v) is 6.73. The van der Waals surface area contributed by atoms with Gasteiger partial charge in [0, 0.05) is 22.6 Å². The monoisotopic (exact) mass is 370 g/mol. The van der Waals surface area contributed by atoms with E-state index in [1.165, 1.54) is 24.3 Å². The first-order valence-electron chi connectivity index (χ1n) is 5.88. The molecule has 0 saturated heterocycles. The quantitative estimate of drug-likeness (QED) is 0.647. The molecule has 0 saturated carbocycles. The molecule has 110 valence electrons. The van der Waals surface area contributed by atoms with Gasteiger partial charge in [0.15, 0.2) is 0 Å². The number of rotatable bonds is 5. The molecule has 1 N–H and O–H groups in total. The zero-order chi connectivity index (χ0) is 15.5. The molecule has 8 heteroatoms. The van der Waals surface area contributed by atoms with Crippen molar-refractivity contribution >= 4 is 31.6 Å². The standard InChI is InChI=1S/C13H11BrN2O4S/c14-11-6-2-4-8-13(11)21(19,20)15-9-10-5-1-3-7-12(10)16(17)18/h1-8,15H,9H2. The minimum atomic E-state index is -3.75. The number of benzene rings is 2. The number of hydrogen-bond acceptors (Lipinski definition) is 4. The largest absolute Gasteiger partial charge is 0.273 e. The summed E-state index contributed by atoms with van der Waals surface area (Å²) >= 11 is 3.17. The van der Waals surface area contributed by atoms with Gasteiger partial charge < -0.3 is 0 Å². The van der Waals surface area contributed by atoms with E-state index in [1.807, 2.05) is 0 Å². The Morgan fingerprint density at radius 2 is 1.71 bits per heavy atom. The zero-order valence-corrected chi connectivity index (χ0v) is 13.1. The molecule has 0 aromatic heterocycles. The van der Waals surface area contributed by atoms with Crippen LogP contribution < -0.4 is 4.72 Å². The zero-order valence-electron chi connectivity index (χ0n) is 10.7. The second kappa shape index (κ2) is 6.33. The Labute approximate surface area is 130 Å². The average molecular weight is 371 g/mol. The highest BCUT2D eigenvalue weighted by Gasteiger charge is 2.19. The SMILES string of the molecule is O=[N+]([O-])c1ccccc1CNS(=O)(=O)c1ccccc1Br. The molecule has 0 atom stereocenters. The summed E-state index contributed by atoms with van der Waals surface area (Å²) in [4.78, 5) is 10.4. The van der Waals surface area contributed by atoms with Crippen LogP contribution in [0, 0.1) is 10.1 Å². The fourth-order valence-corrected chi connectivity index (χ4v) is 3.76. The maximum atomic E-state index is 12.2. The van der Waals surface area contributed by atoms with E-state index < -0.39 is 14.9 Å². The van der Waals surface area contributed by atoms with Crippen LogP contribution in [0.1, 0.15) is 5.56 Å². The van der Waals surface area contributed by atoms with Gasteiger partial charge in [-0.3, -0.25) is 10.1 Å². The normalized spacial score (nSPS) is 11.3. The molecule has 0 heterocycles. The molecule has 6 nitrogen and oxygen atoms in total. The molecule has 0 amide bonds. The molecule has 0 bridgehead atoms. The summed E-state index contributed by atoms with van der Waals surface area (Å²) in [5.41, 5.74) is 0.186. The summed E-state index contributed by atoms with van der Waals surface area (Å²) in [5, 5.41) is 10.9. The van der Waals surface area contributed by atoms with Crippen molar-refractivity contribution < 1.29 is 13.3 Å². The van der Waals surface area contributed by atoms with Crippen molar-refractivity contribution in [2.45, 2.75) is 11.4 Å². The first kappa shape index (κ1) is 15.6. The number of halogens is 1. The van der Waals surface area contributed by atoms with Gasteiger partial charge in [-0.05, 0) is 28.1 Å². The molecule has 0 aliphatic heterocycles. The Kier molecular flexibility index (Phi) is 4.71. The number of sulfonamides is 1. The lowest BCUT2D eigenvalue weighted by Gasteiger charge is -2.08. The van der Waals surface area contributed by atoms with Crippen LogP contribution in [0.5, 0.6) is 0 Å². The van der Waals surface area contributed by atoms with Gasteiger partial charge in [0.1, 0.15) is 0 Å². The summed E-state index contributed by atoms with van der Waals surface area (Å²) in [7, 11) is -3.75. The number of nitro groups is 1. The number of nitro benzene ring substituents is 1. The van der Waals surface area contributed by atoms with Crippen molar-refractivity contribution in [1.82, 2.24) is 4.72 Å². The lowest BCUT2D eigenvalue weighted by molar-refractivity contribution is -0.385. The van der Waals surface area contributed by atoms with Gasteiger partial charge in [-0.15, -0.1) is 0 Å². The van der Waals surface area contributed by atoms with E-state index in [9.17, 15) is 18.5 Å². The molecule has 0 fully saturated rings. The Morgan fingerprint density at radius 1 is 1.10 bits per heavy atom.